The average Bonchev–Trinajstić information content (AvgIpc) is 3.20. The predicted octanol–water partition coefficient (Wildman–Crippen LogP) is 3.07. The zero-order valence-electron chi connectivity index (χ0n) is 10.2. The summed E-state index contributed by atoms with van der Waals surface area (Å²) in [4.78, 5) is 0.888. The van der Waals surface area contributed by atoms with E-state index < -0.39 is 11.0 Å². The summed E-state index contributed by atoms with van der Waals surface area (Å²) in [6.45, 7) is 2.92. The molecule has 1 saturated heterocycles. The van der Waals surface area contributed by atoms with E-state index in [0.717, 1.165) is 11.4 Å². The number of nitrogens with zero attached hydrogens (tertiary/aromatic N) is 1. The summed E-state index contributed by atoms with van der Waals surface area (Å²) in [5.41, 5.74) is 2.44. The summed E-state index contributed by atoms with van der Waals surface area (Å²) in [5.74, 6) is 0. The highest BCUT2D eigenvalue weighted by Gasteiger charge is 2.40. The van der Waals surface area contributed by atoms with Crippen LogP contribution in [-0.4, -0.2) is 15.1 Å². The second-order valence-electron chi connectivity index (χ2n) is 4.59. The molecule has 0 saturated carbocycles. The van der Waals surface area contributed by atoms with Gasteiger partial charge in [0, 0.05) is 6.54 Å². The first kappa shape index (κ1) is 11.6. The lowest BCUT2D eigenvalue weighted by molar-refractivity contribution is 0.647. The van der Waals surface area contributed by atoms with Gasteiger partial charge in [0.1, 0.15) is 11.0 Å². The third kappa shape index (κ3) is 2.24. The maximum atomic E-state index is 12.3. The Hall–Kier alpha value is -1.45. The van der Waals surface area contributed by atoms with Gasteiger partial charge in [0.05, 0.1) is 10.9 Å². The number of rotatable bonds is 3. The number of hydrogen-bond acceptors (Lipinski definition) is 1. The normalized spacial score (nSPS) is 23.6. The molecule has 0 bridgehead atoms. The highest BCUT2D eigenvalue weighted by Crippen LogP contribution is 2.38. The minimum absolute atomic E-state index is 0.313. The van der Waals surface area contributed by atoms with E-state index in [4.69, 9.17) is 0 Å². The Labute approximate surface area is 110 Å². The van der Waals surface area contributed by atoms with E-state index in [1.54, 1.807) is 0 Å². The Morgan fingerprint density at radius 2 is 1.72 bits per heavy atom. The molecule has 0 N–H and O–H groups in total. The Bertz CT molecular complexity index is 565. The molecule has 1 aliphatic heterocycles. The van der Waals surface area contributed by atoms with Crippen LogP contribution in [0.4, 0.5) is 0 Å². The van der Waals surface area contributed by atoms with Gasteiger partial charge in [-0.15, -0.1) is 0 Å². The van der Waals surface area contributed by atoms with Gasteiger partial charge in [-0.2, -0.15) is 0 Å². The van der Waals surface area contributed by atoms with Crippen LogP contribution in [0.15, 0.2) is 59.5 Å². The van der Waals surface area contributed by atoms with Crippen LogP contribution in [0.3, 0.4) is 0 Å². The van der Waals surface area contributed by atoms with Crippen molar-refractivity contribution >= 4 is 11.0 Å². The molecule has 18 heavy (non-hydrogen) atoms. The van der Waals surface area contributed by atoms with Crippen molar-refractivity contribution in [3.63, 3.8) is 0 Å². The topological polar surface area (TPSA) is 20.1 Å². The van der Waals surface area contributed by atoms with Crippen molar-refractivity contribution in [1.29, 1.82) is 0 Å². The first-order valence-electron chi connectivity index (χ1n) is 6.06. The SMILES string of the molecule is Cc1ccc(S(=O)N2C[C@@H]2c2ccccc2)cc1. The van der Waals surface area contributed by atoms with Crippen LogP contribution < -0.4 is 0 Å². The maximum absolute atomic E-state index is 12.3. The standard InChI is InChI=1S/C15H15NOS/c1-12-7-9-14(10-8-12)18(17)16-11-15(16)13-5-3-2-4-6-13/h2-10,15H,11H2,1H3/t15-,16?,18?/m1/s1. The average molecular weight is 257 g/mol. The molecule has 2 nitrogen and oxygen atoms in total. The largest absolute Gasteiger partial charge is 0.237 e. The van der Waals surface area contributed by atoms with E-state index >= 15 is 0 Å². The third-order valence-corrected chi connectivity index (χ3v) is 4.69. The monoisotopic (exact) mass is 257 g/mol. The fourth-order valence-corrected chi connectivity index (χ4v) is 3.31. The van der Waals surface area contributed by atoms with Crippen LogP contribution >= 0.6 is 0 Å². The third-order valence-electron chi connectivity index (χ3n) is 3.19. The summed E-state index contributed by atoms with van der Waals surface area (Å²) in [7, 11) is -1.03. The maximum Gasteiger partial charge on any atom is 0.128 e. The zero-order valence-corrected chi connectivity index (χ0v) is 11.1. The van der Waals surface area contributed by atoms with Crippen molar-refractivity contribution in [3.8, 4) is 0 Å². The van der Waals surface area contributed by atoms with Crippen molar-refractivity contribution < 1.29 is 4.21 Å². The zero-order chi connectivity index (χ0) is 12.5. The van der Waals surface area contributed by atoms with Gasteiger partial charge < -0.3 is 0 Å². The van der Waals surface area contributed by atoms with Gasteiger partial charge in [0.15, 0.2) is 0 Å². The second-order valence-corrected chi connectivity index (χ2v) is 6.03. The van der Waals surface area contributed by atoms with Gasteiger partial charge in [0.2, 0.25) is 0 Å². The molecule has 2 aromatic carbocycles. The molecule has 0 amide bonds. The lowest BCUT2D eigenvalue weighted by Gasteiger charge is -2.04. The minimum Gasteiger partial charge on any atom is -0.237 e. The number of benzene rings is 2. The van der Waals surface area contributed by atoms with Gasteiger partial charge in [-0.1, -0.05) is 48.0 Å². The number of aryl methyl sites for hydroxylation is 1. The van der Waals surface area contributed by atoms with Gasteiger partial charge in [0.25, 0.3) is 0 Å². The molecule has 1 heterocycles. The number of hydrogen-bond donors (Lipinski definition) is 0. The molecule has 0 spiro atoms. The van der Waals surface area contributed by atoms with Crippen molar-refractivity contribution in [2.75, 3.05) is 6.54 Å². The lowest BCUT2D eigenvalue weighted by Crippen LogP contribution is -2.04. The van der Waals surface area contributed by atoms with Crippen LogP contribution in [0.2, 0.25) is 0 Å². The molecular weight excluding hydrogens is 242 g/mol. The van der Waals surface area contributed by atoms with Gasteiger partial charge >= 0.3 is 0 Å². The fourth-order valence-electron chi connectivity index (χ4n) is 2.04. The van der Waals surface area contributed by atoms with Gasteiger partial charge in [-0.3, -0.25) is 0 Å². The first-order chi connectivity index (χ1) is 8.75. The second kappa shape index (κ2) is 4.67. The molecule has 1 aliphatic rings. The van der Waals surface area contributed by atoms with Crippen molar-refractivity contribution in [1.82, 2.24) is 4.31 Å². The van der Waals surface area contributed by atoms with Crippen LogP contribution in [0.5, 0.6) is 0 Å². The fraction of sp³-hybridized carbons (Fsp3) is 0.200. The van der Waals surface area contributed by atoms with E-state index in [-0.39, 0.29) is 0 Å². The quantitative estimate of drug-likeness (QED) is 0.774. The van der Waals surface area contributed by atoms with Crippen LogP contribution in [0, 0.1) is 6.92 Å². The Balaban J connectivity index is 1.75. The summed E-state index contributed by atoms with van der Waals surface area (Å²) >= 11 is 0. The molecule has 0 radical (unpaired) electrons. The summed E-state index contributed by atoms with van der Waals surface area (Å²) in [6.07, 6.45) is 0. The van der Waals surface area contributed by atoms with E-state index in [2.05, 4.69) is 12.1 Å². The smallest absolute Gasteiger partial charge is 0.128 e. The van der Waals surface area contributed by atoms with Crippen LogP contribution in [-0.2, 0) is 11.0 Å². The minimum atomic E-state index is -1.03. The van der Waals surface area contributed by atoms with E-state index in [0.29, 0.717) is 6.04 Å². The Morgan fingerprint density at radius 3 is 2.39 bits per heavy atom. The molecule has 0 aliphatic carbocycles. The lowest BCUT2D eigenvalue weighted by atomic mass is 10.2. The molecular formula is C15H15NOS. The summed E-state index contributed by atoms with van der Waals surface area (Å²) < 4.78 is 14.4. The molecule has 92 valence electrons. The Kier molecular flexibility index (Phi) is 3.02. The van der Waals surface area contributed by atoms with Gasteiger partial charge in [-0.05, 0) is 24.6 Å². The predicted molar refractivity (Wildman–Crippen MR) is 73.5 cm³/mol. The van der Waals surface area contributed by atoms with Crippen molar-refractivity contribution in [3.05, 3.63) is 65.7 Å². The molecule has 3 rings (SSSR count). The highest BCUT2D eigenvalue weighted by molar-refractivity contribution is 7.83. The van der Waals surface area contributed by atoms with Gasteiger partial charge in [-0.25, -0.2) is 8.51 Å². The molecule has 2 unspecified atom stereocenters. The van der Waals surface area contributed by atoms with Crippen LogP contribution in [0.25, 0.3) is 0 Å². The summed E-state index contributed by atoms with van der Waals surface area (Å²) in [6, 6.07) is 18.5. The summed E-state index contributed by atoms with van der Waals surface area (Å²) in [5, 5.41) is 0. The molecule has 2 aromatic rings. The Morgan fingerprint density at radius 1 is 1.06 bits per heavy atom. The first-order valence-corrected chi connectivity index (χ1v) is 7.16. The van der Waals surface area contributed by atoms with E-state index in [1.165, 1.54) is 11.1 Å². The van der Waals surface area contributed by atoms with Crippen molar-refractivity contribution in [2.24, 2.45) is 0 Å². The van der Waals surface area contributed by atoms with E-state index in [1.807, 2.05) is 53.7 Å². The molecule has 0 aromatic heterocycles. The molecule has 3 atom stereocenters. The van der Waals surface area contributed by atoms with Crippen molar-refractivity contribution in [2.45, 2.75) is 17.9 Å². The van der Waals surface area contributed by atoms with E-state index in [9.17, 15) is 4.21 Å². The molecule has 3 heteroatoms. The molecule has 1 fully saturated rings. The van der Waals surface area contributed by atoms with Crippen LogP contribution in [0.1, 0.15) is 17.2 Å². The highest BCUT2D eigenvalue weighted by atomic mass is 32.2.